The number of ether oxygens (including phenoxy) is 2. The van der Waals surface area contributed by atoms with Crippen LogP contribution in [0.25, 0.3) is 0 Å². The first-order valence-electron chi connectivity index (χ1n) is 13.8. The molecule has 1 aliphatic heterocycles. The van der Waals surface area contributed by atoms with Gasteiger partial charge in [0.1, 0.15) is 12.4 Å². The molecule has 0 saturated heterocycles. The minimum absolute atomic E-state index is 0.0499. The third-order valence-corrected chi connectivity index (χ3v) is 7.87. The number of methoxy groups -OCH3 is 1. The van der Waals surface area contributed by atoms with Gasteiger partial charge in [-0.25, -0.2) is 4.98 Å². The first-order valence-corrected chi connectivity index (χ1v) is 14.7. The molecule has 0 bridgehead atoms. The van der Waals surface area contributed by atoms with E-state index in [4.69, 9.17) is 9.47 Å². The van der Waals surface area contributed by atoms with Gasteiger partial charge in [-0.15, -0.1) is 11.3 Å². The standard InChI is InChI=1S/C31H39N3O4S/c1-24-32-26(23-39-24)21-30(35)34-17-11-4-3-10-16-33(18-19-37-2)31(36)28-14-8-9-15-29(28)38-22-27(34)20-25-12-6-5-7-13-25/h5-9,12-15,23,27H,3-4,10-11,16-22H2,1-2H3/t27-/m0/s1. The quantitative estimate of drug-likeness (QED) is 0.406. The van der Waals surface area contributed by atoms with Crippen molar-refractivity contribution in [1.29, 1.82) is 0 Å². The summed E-state index contributed by atoms with van der Waals surface area (Å²) in [7, 11) is 1.65. The van der Waals surface area contributed by atoms with Crippen molar-refractivity contribution < 1.29 is 19.1 Å². The number of amides is 2. The molecular formula is C31H39N3O4S. The fourth-order valence-electron chi connectivity index (χ4n) is 4.98. The average molecular weight is 550 g/mol. The van der Waals surface area contributed by atoms with E-state index in [1.807, 2.05) is 64.6 Å². The van der Waals surface area contributed by atoms with E-state index in [2.05, 4.69) is 17.1 Å². The highest BCUT2D eigenvalue weighted by Crippen LogP contribution is 2.23. The minimum atomic E-state index is -0.185. The van der Waals surface area contributed by atoms with Gasteiger partial charge in [0.15, 0.2) is 0 Å². The van der Waals surface area contributed by atoms with Gasteiger partial charge in [-0.2, -0.15) is 0 Å². The number of carbonyl (C=O) groups excluding carboxylic acids is 2. The summed E-state index contributed by atoms with van der Waals surface area (Å²) in [5.74, 6) is 0.556. The van der Waals surface area contributed by atoms with Crippen LogP contribution in [0.4, 0.5) is 0 Å². The number of para-hydroxylation sites is 1. The van der Waals surface area contributed by atoms with Crippen molar-refractivity contribution in [1.82, 2.24) is 14.8 Å². The van der Waals surface area contributed by atoms with Crippen LogP contribution in [0.15, 0.2) is 60.0 Å². The average Bonchev–Trinajstić information content (AvgIpc) is 3.36. The highest BCUT2D eigenvalue weighted by Gasteiger charge is 2.27. The number of thiazole rings is 1. The summed E-state index contributed by atoms with van der Waals surface area (Å²) in [6.45, 7) is 4.61. The van der Waals surface area contributed by atoms with Crippen molar-refractivity contribution in [2.24, 2.45) is 0 Å². The van der Waals surface area contributed by atoms with Gasteiger partial charge in [0.25, 0.3) is 5.91 Å². The Bertz CT molecular complexity index is 1200. The summed E-state index contributed by atoms with van der Waals surface area (Å²) in [5.41, 5.74) is 2.50. The third kappa shape index (κ3) is 8.38. The van der Waals surface area contributed by atoms with Gasteiger partial charge in [-0.1, -0.05) is 55.3 Å². The molecule has 2 heterocycles. The van der Waals surface area contributed by atoms with Crippen molar-refractivity contribution >= 4 is 23.2 Å². The molecule has 0 unspecified atom stereocenters. The van der Waals surface area contributed by atoms with E-state index in [1.54, 1.807) is 18.4 Å². The fraction of sp³-hybridized carbons (Fsp3) is 0.452. The highest BCUT2D eigenvalue weighted by molar-refractivity contribution is 7.09. The van der Waals surface area contributed by atoms with Gasteiger partial charge >= 0.3 is 0 Å². The first kappa shape index (κ1) is 28.8. The van der Waals surface area contributed by atoms with Crippen molar-refractivity contribution in [2.75, 3.05) is 40.0 Å². The van der Waals surface area contributed by atoms with Gasteiger partial charge in [0.2, 0.25) is 5.91 Å². The van der Waals surface area contributed by atoms with E-state index in [-0.39, 0.29) is 24.3 Å². The molecule has 0 aliphatic carbocycles. The summed E-state index contributed by atoms with van der Waals surface area (Å²) in [4.78, 5) is 35.7. The molecule has 1 aliphatic rings. The predicted molar refractivity (Wildman–Crippen MR) is 154 cm³/mol. The van der Waals surface area contributed by atoms with E-state index in [0.29, 0.717) is 50.6 Å². The lowest BCUT2D eigenvalue weighted by Gasteiger charge is -2.33. The number of nitrogens with zero attached hydrogens (tertiary/aromatic N) is 3. The number of hydrogen-bond acceptors (Lipinski definition) is 6. The monoisotopic (exact) mass is 549 g/mol. The topological polar surface area (TPSA) is 72.0 Å². The van der Waals surface area contributed by atoms with Gasteiger partial charge in [0.05, 0.1) is 35.3 Å². The van der Waals surface area contributed by atoms with Crippen molar-refractivity contribution in [3.05, 3.63) is 81.8 Å². The molecular weight excluding hydrogens is 510 g/mol. The van der Waals surface area contributed by atoms with Gasteiger partial charge in [-0.05, 0) is 43.9 Å². The molecule has 0 saturated carbocycles. The molecule has 208 valence electrons. The Kier molecular flexibility index (Phi) is 10.9. The first-order chi connectivity index (χ1) is 19.0. The van der Waals surface area contributed by atoms with E-state index in [9.17, 15) is 9.59 Å². The molecule has 1 aromatic heterocycles. The smallest absolute Gasteiger partial charge is 0.257 e. The van der Waals surface area contributed by atoms with Crippen LogP contribution in [0.3, 0.4) is 0 Å². The maximum absolute atomic E-state index is 13.7. The Labute approximate surface area is 235 Å². The lowest BCUT2D eigenvalue weighted by molar-refractivity contribution is -0.133. The number of rotatable bonds is 7. The van der Waals surface area contributed by atoms with Gasteiger partial charge in [-0.3, -0.25) is 9.59 Å². The zero-order valence-electron chi connectivity index (χ0n) is 23.0. The molecule has 4 rings (SSSR count). The SMILES string of the molecule is COCCN1CCCCCCN(C(=O)Cc2csc(C)n2)[C@@H](Cc2ccccc2)COc2ccccc2C1=O. The molecule has 2 aromatic carbocycles. The Balaban J connectivity index is 1.63. The van der Waals surface area contributed by atoms with Crippen LogP contribution in [0.5, 0.6) is 5.75 Å². The number of carbonyl (C=O) groups is 2. The number of aryl methyl sites for hydroxylation is 1. The van der Waals surface area contributed by atoms with Crippen molar-refractivity contribution in [3.63, 3.8) is 0 Å². The number of fused-ring (bicyclic) bond motifs is 1. The predicted octanol–water partition coefficient (Wildman–Crippen LogP) is 5.18. The second-order valence-corrected chi connectivity index (χ2v) is 11.0. The second kappa shape index (κ2) is 14.8. The lowest BCUT2D eigenvalue weighted by atomic mass is 10.0. The van der Waals surface area contributed by atoms with Gasteiger partial charge < -0.3 is 19.3 Å². The number of hydrogen-bond donors (Lipinski definition) is 0. The molecule has 0 radical (unpaired) electrons. The molecule has 3 aromatic rings. The Morgan fingerprint density at radius 1 is 1.05 bits per heavy atom. The molecule has 39 heavy (non-hydrogen) atoms. The molecule has 0 fully saturated rings. The number of benzene rings is 2. The lowest BCUT2D eigenvalue weighted by Crippen LogP contribution is -2.46. The fourth-order valence-corrected chi connectivity index (χ4v) is 5.59. The van der Waals surface area contributed by atoms with E-state index in [1.165, 1.54) is 0 Å². The summed E-state index contributed by atoms with van der Waals surface area (Å²) < 4.78 is 11.7. The maximum atomic E-state index is 13.7. The minimum Gasteiger partial charge on any atom is -0.491 e. The summed E-state index contributed by atoms with van der Waals surface area (Å²) in [6.07, 6.45) is 4.72. The molecule has 7 nitrogen and oxygen atoms in total. The van der Waals surface area contributed by atoms with E-state index >= 15 is 0 Å². The molecule has 0 N–H and O–H groups in total. The maximum Gasteiger partial charge on any atom is 0.257 e. The molecule has 8 heteroatoms. The summed E-state index contributed by atoms with van der Waals surface area (Å²) in [5, 5.41) is 2.93. The largest absolute Gasteiger partial charge is 0.491 e. The summed E-state index contributed by atoms with van der Waals surface area (Å²) in [6, 6.07) is 17.4. The van der Waals surface area contributed by atoms with E-state index in [0.717, 1.165) is 41.9 Å². The molecule has 0 spiro atoms. The summed E-state index contributed by atoms with van der Waals surface area (Å²) >= 11 is 1.57. The van der Waals surface area contributed by atoms with Crippen molar-refractivity contribution in [2.45, 2.75) is 51.5 Å². The van der Waals surface area contributed by atoms with Crippen LogP contribution < -0.4 is 4.74 Å². The van der Waals surface area contributed by atoms with Crippen LogP contribution in [-0.4, -0.2) is 72.6 Å². The Morgan fingerprint density at radius 3 is 2.54 bits per heavy atom. The van der Waals surface area contributed by atoms with Crippen LogP contribution in [0.2, 0.25) is 0 Å². The Morgan fingerprint density at radius 2 is 1.79 bits per heavy atom. The van der Waals surface area contributed by atoms with Crippen LogP contribution in [0.1, 0.15) is 52.3 Å². The highest BCUT2D eigenvalue weighted by atomic mass is 32.1. The van der Waals surface area contributed by atoms with Crippen molar-refractivity contribution in [3.8, 4) is 5.75 Å². The van der Waals surface area contributed by atoms with Crippen LogP contribution in [-0.2, 0) is 22.4 Å². The molecule has 2 amide bonds. The zero-order valence-corrected chi connectivity index (χ0v) is 23.8. The number of aromatic nitrogens is 1. The van der Waals surface area contributed by atoms with E-state index < -0.39 is 0 Å². The molecule has 1 atom stereocenters. The zero-order chi connectivity index (χ0) is 27.5. The normalized spacial score (nSPS) is 17.3. The Hall–Kier alpha value is -3.23. The third-order valence-electron chi connectivity index (χ3n) is 7.05. The van der Waals surface area contributed by atoms with Gasteiger partial charge in [0, 0.05) is 32.1 Å². The van der Waals surface area contributed by atoms with Crippen LogP contribution in [0, 0.1) is 6.92 Å². The van der Waals surface area contributed by atoms with Crippen LogP contribution >= 0.6 is 11.3 Å². The second-order valence-electron chi connectivity index (χ2n) is 9.97.